The van der Waals surface area contributed by atoms with Gasteiger partial charge in [0, 0.05) is 0 Å². The summed E-state index contributed by atoms with van der Waals surface area (Å²) in [7, 11) is 0. The second-order valence-corrected chi connectivity index (χ2v) is 13.6. The first-order valence-corrected chi connectivity index (χ1v) is 17.7. The van der Waals surface area contributed by atoms with Crippen LogP contribution < -0.4 is 9.47 Å². The molecule has 0 amide bonds. The molecule has 4 aromatic rings. The molecule has 4 nitrogen and oxygen atoms in total. The minimum atomic E-state index is -0.525. The van der Waals surface area contributed by atoms with Crippen molar-refractivity contribution < 1.29 is 19.7 Å². The topological polar surface area (TPSA) is 58.9 Å². The summed E-state index contributed by atoms with van der Waals surface area (Å²) in [5, 5.41) is 19.3. The van der Waals surface area contributed by atoms with Crippen molar-refractivity contribution in [3.05, 3.63) is 129 Å². The Morgan fingerprint density at radius 1 is 0.543 bits per heavy atom. The van der Waals surface area contributed by atoms with Gasteiger partial charge in [0.2, 0.25) is 0 Å². The van der Waals surface area contributed by atoms with Crippen molar-refractivity contribution in [1.82, 2.24) is 0 Å². The Morgan fingerprint density at radius 2 is 0.978 bits per heavy atom. The average Bonchev–Trinajstić information content (AvgIpc) is 3.13. The van der Waals surface area contributed by atoms with Gasteiger partial charge in [-0.1, -0.05) is 111 Å². The molecule has 2 saturated carbocycles. The van der Waals surface area contributed by atoms with Gasteiger partial charge in [-0.25, -0.2) is 0 Å². The number of aliphatic hydroxyl groups excluding tert-OH is 2. The minimum absolute atomic E-state index is 0.00515. The summed E-state index contributed by atoms with van der Waals surface area (Å²) < 4.78 is 12.4. The van der Waals surface area contributed by atoms with E-state index in [9.17, 15) is 10.2 Å². The van der Waals surface area contributed by atoms with Crippen molar-refractivity contribution in [3.8, 4) is 11.5 Å². The summed E-state index contributed by atoms with van der Waals surface area (Å²) in [6.45, 7) is 0.613. The van der Waals surface area contributed by atoms with Crippen LogP contribution in [0.2, 0.25) is 0 Å². The molecule has 240 valence electrons. The predicted octanol–water partition coefficient (Wildman–Crippen LogP) is 8.81. The fourth-order valence-electron chi connectivity index (χ4n) is 8.82. The monoisotopic (exact) mass is 616 g/mol. The number of ether oxygens (including phenoxy) is 2. The van der Waals surface area contributed by atoms with Crippen LogP contribution in [-0.4, -0.2) is 36.6 Å². The second kappa shape index (κ2) is 14.0. The third-order valence-electron chi connectivity index (χ3n) is 10.9. The van der Waals surface area contributed by atoms with Gasteiger partial charge in [-0.2, -0.15) is 0 Å². The maximum atomic E-state index is 9.66. The molecule has 0 aromatic heterocycles. The molecule has 2 N–H and O–H groups in total. The van der Waals surface area contributed by atoms with E-state index in [1.165, 1.54) is 109 Å². The molecule has 0 bridgehead atoms. The Morgan fingerprint density at radius 3 is 1.41 bits per heavy atom. The summed E-state index contributed by atoms with van der Waals surface area (Å²) in [6.07, 6.45) is 13.1. The van der Waals surface area contributed by atoms with E-state index in [0.29, 0.717) is 25.0 Å². The van der Waals surface area contributed by atoms with Gasteiger partial charge >= 0.3 is 0 Å². The molecule has 0 radical (unpaired) electrons. The van der Waals surface area contributed by atoms with Crippen LogP contribution >= 0.6 is 0 Å². The molecule has 4 aromatic carbocycles. The van der Waals surface area contributed by atoms with Gasteiger partial charge in [-0.05, 0) is 101 Å². The first kappa shape index (κ1) is 31.0. The van der Waals surface area contributed by atoms with Gasteiger partial charge in [0.05, 0.1) is 18.6 Å². The number of benzene rings is 4. The number of fused-ring (bicyclic) bond motifs is 2. The van der Waals surface area contributed by atoms with Crippen molar-refractivity contribution in [3.63, 3.8) is 0 Å². The van der Waals surface area contributed by atoms with Crippen LogP contribution in [0.3, 0.4) is 0 Å². The highest BCUT2D eigenvalue weighted by atomic mass is 16.5. The molecule has 0 heterocycles. The summed E-state index contributed by atoms with van der Waals surface area (Å²) in [5.41, 5.74) is 9.97. The lowest BCUT2D eigenvalue weighted by atomic mass is 9.59. The van der Waals surface area contributed by atoms with Crippen LogP contribution in [0.25, 0.3) is 0 Å². The van der Waals surface area contributed by atoms with Gasteiger partial charge in [0.15, 0.2) is 0 Å². The van der Waals surface area contributed by atoms with Gasteiger partial charge in [-0.15, -0.1) is 0 Å². The van der Waals surface area contributed by atoms with Crippen molar-refractivity contribution in [2.75, 3.05) is 26.4 Å². The van der Waals surface area contributed by atoms with E-state index >= 15 is 0 Å². The maximum absolute atomic E-state index is 9.66. The number of aliphatic hydroxyl groups is 2. The van der Waals surface area contributed by atoms with Crippen molar-refractivity contribution in [2.24, 2.45) is 0 Å². The molecule has 46 heavy (non-hydrogen) atoms. The lowest BCUT2D eigenvalue weighted by molar-refractivity contribution is 0.199. The third-order valence-corrected chi connectivity index (χ3v) is 10.9. The Kier molecular flexibility index (Phi) is 9.46. The molecule has 7 rings (SSSR count). The first-order valence-electron chi connectivity index (χ1n) is 17.7. The van der Waals surface area contributed by atoms with E-state index in [0.717, 1.165) is 17.9 Å². The zero-order valence-electron chi connectivity index (χ0n) is 27.1. The highest BCUT2D eigenvalue weighted by molar-refractivity contribution is 5.68. The predicted molar refractivity (Wildman–Crippen MR) is 184 cm³/mol. The van der Waals surface area contributed by atoms with E-state index in [4.69, 9.17) is 9.47 Å². The Hall–Kier alpha value is -3.60. The Balaban J connectivity index is 1.50. The molecule has 0 atom stereocenters. The molecular formula is C42H48O4. The SMILES string of the molecule is OCCOc1ccc(C2(c3ccc(OCCO)c(C4CCCCC4)c3)c3ccccc3Cc3ccccc32)cc1C1CCCCC1. The van der Waals surface area contributed by atoms with Crippen molar-refractivity contribution in [2.45, 2.75) is 87.9 Å². The van der Waals surface area contributed by atoms with Crippen molar-refractivity contribution in [1.29, 1.82) is 0 Å². The van der Waals surface area contributed by atoms with Crippen molar-refractivity contribution >= 4 is 0 Å². The molecule has 0 spiro atoms. The summed E-state index contributed by atoms with van der Waals surface area (Å²) in [5.74, 6) is 2.71. The number of rotatable bonds is 10. The molecule has 3 aliphatic rings. The quantitative estimate of drug-likeness (QED) is 0.165. The number of hydrogen-bond donors (Lipinski definition) is 2. The normalized spacial score (nSPS) is 18.0. The van der Waals surface area contributed by atoms with Crippen LogP contribution in [-0.2, 0) is 11.8 Å². The second-order valence-electron chi connectivity index (χ2n) is 13.6. The van der Waals surface area contributed by atoms with E-state index in [-0.39, 0.29) is 13.2 Å². The fraction of sp³-hybridized carbons (Fsp3) is 0.429. The highest BCUT2D eigenvalue weighted by Crippen LogP contribution is 2.53. The first-order chi connectivity index (χ1) is 22.7. The maximum Gasteiger partial charge on any atom is 0.122 e. The zero-order valence-corrected chi connectivity index (χ0v) is 27.1. The molecule has 0 saturated heterocycles. The summed E-state index contributed by atoms with van der Waals surface area (Å²) in [6, 6.07) is 31.9. The van der Waals surface area contributed by atoms with Gasteiger partial charge in [-0.3, -0.25) is 0 Å². The Labute approximate surface area is 274 Å². The molecule has 4 heteroatoms. The van der Waals surface area contributed by atoms with Crippen LogP contribution in [0.15, 0.2) is 84.9 Å². The van der Waals surface area contributed by atoms with Crippen LogP contribution in [0.1, 0.15) is 121 Å². The molecule has 3 aliphatic carbocycles. The summed E-state index contributed by atoms with van der Waals surface area (Å²) >= 11 is 0. The molecular weight excluding hydrogens is 568 g/mol. The van der Waals surface area contributed by atoms with E-state index in [2.05, 4.69) is 84.9 Å². The smallest absolute Gasteiger partial charge is 0.122 e. The fourth-order valence-corrected chi connectivity index (χ4v) is 8.82. The molecule has 0 unspecified atom stereocenters. The summed E-state index contributed by atoms with van der Waals surface area (Å²) in [4.78, 5) is 0. The van der Waals surface area contributed by atoms with Gasteiger partial charge in [0.1, 0.15) is 24.7 Å². The van der Waals surface area contributed by atoms with Crippen LogP contribution in [0, 0.1) is 0 Å². The van der Waals surface area contributed by atoms with E-state index < -0.39 is 5.41 Å². The molecule has 0 aliphatic heterocycles. The lowest BCUT2D eigenvalue weighted by Gasteiger charge is -2.43. The van der Waals surface area contributed by atoms with E-state index in [1.807, 2.05) is 0 Å². The zero-order chi connectivity index (χ0) is 31.3. The lowest BCUT2D eigenvalue weighted by Crippen LogP contribution is -2.36. The standard InChI is InChI=1S/C42H48O4/c43-23-25-45-40-21-19-34(28-36(40)30-11-3-1-4-12-30)42(38-17-9-7-15-32(38)27-33-16-8-10-18-39(33)42)35-20-22-41(46-26-24-44)37(29-35)31-13-5-2-6-14-31/h7-10,15-22,28-31,43-44H,1-6,11-14,23-27H2. The van der Waals surface area contributed by atoms with Gasteiger partial charge in [0.25, 0.3) is 0 Å². The highest BCUT2D eigenvalue weighted by Gasteiger charge is 2.44. The average molecular weight is 617 g/mol. The van der Waals surface area contributed by atoms with Gasteiger partial charge < -0.3 is 19.7 Å². The Bertz CT molecular complexity index is 1510. The molecule has 2 fully saturated rings. The third kappa shape index (κ3) is 5.75. The van der Waals surface area contributed by atoms with E-state index in [1.54, 1.807) is 0 Å². The minimum Gasteiger partial charge on any atom is -0.491 e. The van der Waals surface area contributed by atoms with Crippen LogP contribution in [0.4, 0.5) is 0 Å². The number of hydrogen-bond acceptors (Lipinski definition) is 4. The largest absolute Gasteiger partial charge is 0.491 e. The van der Waals surface area contributed by atoms with Crippen LogP contribution in [0.5, 0.6) is 11.5 Å².